The van der Waals surface area contributed by atoms with Gasteiger partial charge in [0, 0.05) is 6.07 Å². The lowest BCUT2D eigenvalue weighted by atomic mass is 10.2. The molecule has 0 saturated heterocycles. The van der Waals surface area contributed by atoms with E-state index in [2.05, 4.69) is 31.5 Å². The van der Waals surface area contributed by atoms with Crippen LogP contribution in [0.25, 0.3) is 10.2 Å². The van der Waals surface area contributed by atoms with Crippen molar-refractivity contribution in [3.63, 3.8) is 0 Å². The van der Waals surface area contributed by atoms with Crippen molar-refractivity contribution >= 4 is 21.6 Å². The smallest absolute Gasteiger partial charge is 0.183 e. The molecule has 0 aliphatic heterocycles. The molecule has 0 aromatic carbocycles. The second-order valence-electron chi connectivity index (χ2n) is 2.61. The highest BCUT2D eigenvalue weighted by Crippen LogP contribution is 2.19. The van der Waals surface area contributed by atoms with Gasteiger partial charge in [-0.1, -0.05) is 11.3 Å². The summed E-state index contributed by atoms with van der Waals surface area (Å²) in [6.45, 7) is 2.12. The fourth-order valence-corrected chi connectivity index (χ4v) is 2.07. The van der Waals surface area contributed by atoms with Crippen LogP contribution in [0.3, 0.4) is 0 Å². The zero-order valence-electron chi connectivity index (χ0n) is 6.37. The first kappa shape index (κ1) is 6.80. The molecule has 2 rings (SSSR count). The molecule has 1 nitrogen and oxygen atoms in total. The van der Waals surface area contributed by atoms with Crippen LogP contribution in [-0.4, -0.2) is 0 Å². The van der Waals surface area contributed by atoms with Gasteiger partial charge in [0.05, 0.1) is 5.39 Å². The van der Waals surface area contributed by atoms with E-state index in [1.807, 2.05) is 10.8 Å². The zero-order valence-corrected chi connectivity index (χ0v) is 7.19. The average Bonchev–Trinajstić information content (AvgIpc) is 2.45. The van der Waals surface area contributed by atoms with E-state index >= 15 is 0 Å². The van der Waals surface area contributed by atoms with Gasteiger partial charge in [-0.3, -0.25) is 0 Å². The largest absolute Gasteiger partial charge is 0.269 e. The minimum absolute atomic E-state index is 1.24. The Balaban J connectivity index is 2.96. The number of thiophene rings is 1. The summed E-state index contributed by atoms with van der Waals surface area (Å²) in [5.74, 6) is 0. The van der Waals surface area contributed by atoms with Gasteiger partial charge in [0.15, 0.2) is 6.20 Å². The van der Waals surface area contributed by atoms with Crippen LogP contribution < -0.4 is 4.57 Å². The Labute approximate surface area is 69.9 Å². The van der Waals surface area contributed by atoms with Crippen LogP contribution in [0.2, 0.25) is 0 Å². The highest BCUT2D eigenvalue weighted by atomic mass is 32.1. The van der Waals surface area contributed by atoms with Gasteiger partial charge in [0.2, 0.25) is 7.05 Å². The van der Waals surface area contributed by atoms with Gasteiger partial charge in [-0.05, 0) is 23.9 Å². The van der Waals surface area contributed by atoms with E-state index in [4.69, 9.17) is 0 Å². The Kier molecular flexibility index (Phi) is 1.43. The molecule has 1 radical (unpaired) electrons. The monoisotopic (exact) mass is 163 g/mol. The maximum atomic E-state index is 3.89. The maximum absolute atomic E-state index is 3.89. The normalized spacial score (nSPS) is 10.7. The number of rotatable bonds is 0. The van der Waals surface area contributed by atoms with Gasteiger partial charge in [0.1, 0.15) is 0 Å². The summed E-state index contributed by atoms with van der Waals surface area (Å²) in [4.78, 5) is 1.24. The molecule has 0 spiro atoms. The summed E-state index contributed by atoms with van der Waals surface area (Å²) in [5.41, 5.74) is 1.32. The second-order valence-corrected chi connectivity index (χ2v) is 3.50. The van der Waals surface area contributed by atoms with Crippen molar-refractivity contribution in [2.75, 3.05) is 0 Å². The summed E-state index contributed by atoms with van der Waals surface area (Å²) >= 11 is 1.73. The Morgan fingerprint density at radius 1 is 1.45 bits per heavy atom. The van der Waals surface area contributed by atoms with Gasteiger partial charge in [-0.2, -0.15) is 4.57 Å². The summed E-state index contributed by atoms with van der Waals surface area (Å²) in [5, 5.41) is 3.41. The average molecular weight is 163 g/mol. The fraction of sp³-hybridized carbons (Fsp3) is 0.111. The van der Waals surface area contributed by atoms with E-state index in [-0.39, 0.29) is 0 Å². The summed E-state index contributed by atoms with van der Waals surface area (Å²) in [6.07, 6.45) is 1.99. The number of aryl methyl sites for hydroxylation is 1. The lowest BCUT2D eigenvalue weighted by Crippen LogP contribution is -2.24. The predicted molar refractivity (Wildman–Crippen MR) is 47.5 cm³/mol. The van der Waals surface area contributed by atoms with Gasteiger partial charge in [0.25, 0.3) is 4.83 Å². The van der Waals surface area contributed by atoms with Gasteiger partial charge in [-0.15, -0.1) is 0 Å². The quantitative estimate of drug-likeness (QED) is 0.524. The van der Waals surface area contributed by atoms with E-state index in [0.717, 1.165) is 0 Å². The van der Waals surface area contributed by atoms with Crippen LogP contribution in [0.1, 0.15) is 5.56 Å². The first-order valence-corrected chi connectivity index (χ1v) is 4.36. The summed E-state index contributed by atoms with van der Waals surface area (Å²) < 4.78 is 1.91. The van der Waals surface area contributed by atoms with Crippen molar-refractivity contribution < 1.29 is 4.57 Å². The molecule has 55 valence electrons. The van der Waals surface area contributed by atoms with Crippen LogP contribution >= 0.6 is 11.3 Å². The van der Waals surface area contributed by atoms with Gasteiger partial charge in [-0.25, -0.2) is 0 Å². The van der Waals surface area contributed by atoms with Crippen molar-refractivity contribution in [3.8, 4) is 0 Å². The Bertz CT molecular complexity index is 353. The standard InChI is InChI=1S/C9H9NS/c1-7-3-5-10(2)9-8(7)4-6-11-9/h3-6H,2H2,1H3/q+1. The molecule has 0 atom stereocenters. The highest BCUT2D eigenvalue weighted by Gasteiger charge is 2.07. The molecule has 2 heteroatoms. The molecule has 2 aromatic heterocycles. The van der Waals surface area contributed by atoms with Crippen LogP contribution in [0.15, 0.2) is 23.7 Å². The van der Waals surface area contributed by atoms with Gasteiger partial charge < -0.3 is 0 Å². The molecule has 0 aliphatic carbocycles. The number of fused-ring (bicyclic) bond motifs is 1. The molecule has 0 unspecified atom stereocenters. The topological polar surface area (TPSA) is 3.88 Å². The third-order valence-electron chi connectivity index (χ3n) is 1.83. The second kappa shape index (κ2) is 2.31. The minimum atomic E-state index is 1.24. The van der Waals surface area contributed by atoms with Crippen molar-refractivity contribution in [1.29, 1.82) is 0 Å². The maximum Gasteiger partial charge on any atom is 0.269 e. The minimum Gasteiger partial charge on any atom is -0.183 e. The molecule has 0 aliphatic rings. The molecule has 0 bridgehead atoms. The molecular weight excluding hydrogens is 154 g/mol. The van der Waals surface area contributed by atoms with E-state index in [0.29, 0.717) is 0 Å². The van der Waals surface area contributed by atoms with E-state index in [1.54, 1.807) is 11.3 Å². The van der Waals surface area contributed by atoms with Crippen molar-refractivity contribution in [3.05, 3.63) is 36.3 Å². The SMILES string of the molecule is [CH2][n+]1ccc(C)c2ccsc21. The van der Waals surface area contributed by atoms with Crippen LogP contribution in [0, 0.1) is 14.0 Å². The fourth-order valence-electron chi connectivity index (χ4n) is 1.18. The third kappa shape index (κ3) is 0.942. The Morgan fingerprint density at radius 2 is 2.27 bits per heavy atom. The Morgan fingerprint density at radius 3 is 3.00 bits per heavy atom. The predicted octanol–water partition coefficient (Wildman–Crippen LogP) is 2.14. The lowest BCUT2D eigenvalue weighted by molar-refractivity contribution is -0.581. The highest BCUT2D eigenvalue weighted by molar-refractivity contribution is 7.16. The first-order chi connectivity index (χ1) is 5.29. The molecule has 0 N–H and O–H groups in total. The zero-order chi connectivity index (χ0) is 7.84. The van der Waals surface area contributed by atoms with Crippen molar-refractivity contribution in [1.82, 2.24) is 0 Å². The van der Waals surface area contributed by atoms with E-state index in [1.165, 1.54) is 15.8 Å². The number of hydrogen-bond acceptors (Lipinski definition) is 1. The lowest BCUT2D eigenvalue weighted by Gasteiger charge is -1.91. The third-order valence-corrected chi connectivity index (χ3v) is 2.78. The molecule has 11 heavy (non-hydrogen) atoms. The number of hydrogen-bond donors (Lipinski definition) is 0. The van der Waals surface area contributed by atoms with Crippen LogP contribution in [0.4, 0.5) is 0 Å². The summed E-state index contributed by atoms with van der Waals surface area (Å²) in [7, 11) is 3.89. The van der Waals surface area contributed by atoms with Crippen molar-refractivity contribution in [2.24, 2.45) is 0 Å². The van der Waals surface area contributed by atoms with E-state index in [9.17, 15) is 0 Å². The Hall–Kier alpha value is -0.890. The van der Waals surface area contributed by atoms with E-state index < -0.39 is 0 Å². The molecule has 0 amide bonds. The van der Waals surface area contributed by atoms with Crippen molar-refractivity contribution in [2.45, 2.75) is 6.92 Å². The molecular formula is C9H9NS+. The number of nitrogens with zero attached hydrogens (tertiary/aromatic N) is 1. The summed E-state index contributed by atoms with van der Waals surface area (Å²) in [6, 6.07) is 4.22. The van der Waals surface area contributed by atoms with Gasteiger partial charge >= 0.3 is 0 Å². The molecule has 0 fully saturated rings. The van der Waals surface area contributed by atoms with Crippen LogP contribution in [0.5, 0.6) is 0 Å². The first-order valence-electron chi connectivity index (χ1n) is 3.48. The molecule has 2 aromatic rings. The van der Waals surface area contributed by atoms with Crippen LogP contribution in [-0.2, 0) is 0 Å². The molecule has 2 heterocycles. The number of aromatic nitrogens is 1. The number of pyridine rings is 1. The molecule has 0 saturated carbocycles.